The molecule has 1 aromatic rings. The van der Waals surface area contributed by atoms with Gasteiger partial charge in [-0.05, 0) is 46.6 Å². The maximum Gasteiger partial charge on any atom is 0.496 e. The van der Waals surface area contributed by atoms with Crippen molar-refractivity contribution in [3.05, 3.63) is 24.0 Å². The summed E-state index contributed by atoms with van der Waals surface area (Å²) in [5.41, 5.74) is 1.87. The summed E-state index contributed by atoms with van der Waals surface area (Å²) < 4.78 is 12.3. The summed E-state index contributed by atoms with van der Waals surface area (Å²) in [4.78, 5) is 4.59. The van der Waals surface area contributed by atoms with Crippen molar-refractivity contribution in [3.8, 4) is 0 Å². The van der Waals surface area contributed by atoms with Gasteiger partial charge < -0.3 is 9.31 Å². The molecule has 3 rings (SSSR count). The number of pyridine rings is 1. The first-order valence-electron chi connectivity index (χ1n) is 7.06. The van der Waals surface area contributed by atoms with Crippen LogP contribution < -0.4 is 5.46 Å². The number of rotatable bonds is 2. The van der Waals surface area contributed by atoms with Crippen molar-refractivity contribution in [3.63, 3.8) is 0 Å². The fraction of sp³-hybridized carbons (Fsp3) is 0.667. The molecule has 2 aliphatic rings. The van der Waals surface area contributed by atoms with Crippen LogP contribution >= 0.6 is 0 Å². The van der Waals surface area contributed by atoms with Crippen molar-refractivity contribution in [2.45, 2.75) is 64.1 Å². The lowest BCUT2D eigenvalue weighted by Crippen LogP contribution is -2.41. The molecule has 0 amide bonds. The molecule has 0 aromatic carbocycles. The zero-order valence-electron chi connectivity index (χ0n) is 12.5. The Kier molecular flexibility index (Phi) is 2.65. The van der Waals surface area contributed by atoms with Gasteiger partial charge >= 0.3 is 7.12 Å². The van der Waals surface area contributed by atoms with E-state index in [9.17, 15) is 0 Å². The molecule has 0 N–H and O–H groups in total. The quantitative estimate of drug-likeness (QED) is 0.764. The Morgan fingerprint density at radius 2 is 1.63 bits per heavy atom. The minimum Gasteiger partial charge on any atom is -0.399 e. The molecule has 0 spiro atoms. The van der Waals surface area contributed by atoms with E-state index >= 15 is 0 Å². The van der Waals surface area contributed by atoms with Crippen LogP contribution in [0.3, 0.4) is 0 Å². The van der Waals surface area contributed by atoms with Gasteiger partial charge in [0.15, 0.2) is 0 Å². The molecule has 3 nitrogen and oxygen atoms in total. The normalized spacial score (nSPS) is 26.5. The van der Waals surface area contributed by atoms with Gasteiger partial charge in [-0.1, -0.05) is 13.0 Å². The zero-order valence-corrected chi connectivity index (χ0v) is 12.5. The third kappa shape index (κ3) is 2.02. The van der Waals surface area contributed by atoms with Gasteiger partial charge in [0.2, 0.25) is 0 Å². The number of hydrogen-bond donors (Lipinski definition) is 0. The second kappa shape index (κ2) is 3.83. The van der Waals surface area contributed by atoms with Crippen molar-refractivity contribution in [2.75, 3.05) is 0 Å². The number of aromatic nitrogens is 1. The Morgan fingerprint density at radius 3 is 2.16 bits per heavy atom. The van der Waals surface area contributed by atoms with E-state index in [0.29, 0.717) is 0 Å². The van der Waals surface area contributed by atoms with Crippen LogP contribution in [0.4, 0.5) is 0 Å². The molecule has 0 unspecified atom stereocenters. The SMILES string of the molecule is CC1(c2ncccc2B2OC(C)(C)C(C)(C)O2)CC1. The molecular formula is C15H22BNO2. The molecule has 1 aliphatic heterocycles. The van der Waals surface area contributed by atoms with Crippen molar-refractivity contribution in [1.82, 2.24) is 4.98 Å². The molecule has 102 valence electrons. The van der Waals surface area contributed by atoms with E-state index in [2.05, 4.69) is 45.7 Å². The average molecular weight is 259 g/mol. The Hall–Kier alpha value is -0.865. The summed E-state index contributed by atoms with van der Waals surface area (Å²) in [7, 11) is -0.300. The first kappa shape index (κ1) is 13.1. The van der Waals surface area contributed by atoms with Crippen LogP contribution in [0.1, 0.15) is 53.2 Å². The Balaban J connectivity index is 1.97. The van der Waals surface area contributed by atoms with Crippen LogP contribution in [-0.2, 0) is 14.7 Å². The minimum absolute atomic E-state index is 0.222. The largest absolute Gasteiger partial charge is 0.496 e. The molecule has 1 saturated carbocycles. The maximum absolute atomic E-state index is 6.15. The first-order chi connectivity index (χ1) is 8.75. The molecule has 1 aromatic heterocycles. The fourth-order valence-corrected chi connectivity index (χ4v) is 2.51. The van der Waals surface area contributed by atoms with Gasteiger partial charge in [-0.25, -0.2) is 0 Å². The Labute approximate surface area is 115 Å². The third-order valence-corrected chi connectivity index (χ3v) is 4.92. The predicted octanol–water partition coefficient (Wildman–Crippen LogP) is 2.43. The zero-order chi connectivity index (χ0) is 13.9. The predicted molar refractivity (Wildman–Crippen MR) is 76.5 cm³/mol. The van der Waals surface area contributed by atoms with Gasteiger partial charge in [-0.15, -0.1) is 0 Å². The number of nitrogens with zero attached hydrogens (tertiary/aromatic N) is 1. The highest BCUT2D eigenvalue weighted by Crippen LogP contribution is 2.46. The van der Waals surface area contributed by atoms with Crippen LogP contribution in [0.2, 0.25) is 0 Å². The summed E-state index contributed by atoms with van der Waals surface area (Å²) in [6.07, 6.45) is 4.28. The smallest absolute Gasteiger partial charge is 0.399 e. The van der Waals surface area contributed by atoms with Crippen LogP contribution in [-0.4, -0.2) is 23.3 Å². The van der Waals surface area contributed by atoms with E-state index in [0.717, 1.165) is 11.2 Å². The van der Waals surface area contributed by atoms with Gasteiger partial charge in [0.25, 0.3) is 0 Å². The third-order valence-electron chi connectivity index (χ3n) is 4.92. The standard InChI is InChI=1S/C15H22BNO2/c1-13(2)14(3,4)19-16(18-13)11-7-6-10-17-12(11)15(5)8-9-15/h6-7,10H,8-9H2,1-5H3. The van der Waals surface area contributed by atoms with Crippen molar-refractivity contribution in [1.29, 1.82) is 0 Å². The molecular weight excluding hydrogens is 237 g/mol. The highest BCUT2D eigenvalue weighted by Gasteiger charge is 2.54. The second-order valence-electron chi connectivity index (χ2n) is 7.09. The van der Waals surface area contributed by atoms with E-state index in [4.69, 9.17) is 9.31 Å². The lowest BCUT2D eigenvalue weighted by atomic mass is 9.75. The van der Waals surface area contributed by atoms with E-state index < -0.39 is 0 Å². The van der Waals surface area contributed by atoms with Gasteiger partial charge in [0.1, 0.15) is 0 Å². The molecule has 0 atom stereocenters. The van der Waals surface area contributed by atoms with Crippen molar-refractivity contribution < 1.29 is 9.31 Å². The van der Waals surface area contributed by atoms with Gasteiger partial charge in [0, 0.05) is 22.8 Å². The molecule has 19 heavy (non-hydrogen) atoms. The lowest BCUT2D eigenvalue weighted by molar-refractivity contribution is 0.00578. The summed E-state index contributed by atoms with van der Waals surface area (Å²) in [5, 5.41) is 0. The molecule has 1 saturated heterocycles. The van der Waals surface area contributed by atoms with Crippen LogP contribution in [0.15, 0.2) is 18.3 Å². The van der Waals surface area contributed by atoms with E-state index in [1.165, 1.54) is 12.8 Å². The summed E-state index contributed by atoms with van der Waals surface area (Å²) in [6.45, 7) is 10.6. The molecule has 2 fully saturated rings. The van der Waals surface area contributed by atoms with Crippen LogP contribution in [0.25, 0.3) is 0 Å². The highest BCUT2D eigenvalue weighted by atomic mass is 16.7. The van der Waals surface area contributed by atoms with Gasteiger partial charge in [-0.2, -0.15) is 0 Å². The van der Waals surface area contributed by atoms with E-state index in [1.54, 1.807) is 0 Å². The Morgan fingerprint density at radius 1 is 1.05 bits per heavy atom. The molecule has 0 bridgehead atoms. The lowest BCUT2D eigenvalue weighted by Gasteiger charge is -2.32. The molecule has 1 aliphatic carbocycles. The van der Waals surface area contributed by atoms with Crippen molar-refractivity contribution >= 4 is 12.6 Å². The Bertz CT molecular complexity index is 493. The van der Waals surface area contributed by atoms with Gasteiger partial charge in [0.05, 0.1) is 11.2 Å². The monoisotopic (exact) mass is 259 g/mol. The minimum atomic E-state index is -0.300. The van der Waals surface area contributed by atoms with E-state index in [1.807, 2.05) is 12.3 Å². The summed E-state index contributed by atoms with van der Waals surface area (Å²) in [6, 6.07) is 4.06. The molecule has 4 heteroatoms. The van der Waals surface area contributed by atoms with E-state index in [-0.39, 0.29) is 23.7 Å². The van der Waals surface area contributed by atoms with Gasteiger partial charge in [-0.3, -0.25) is 4.98 Å². The topological polar surface area (TPSA) is 31.4 Å². The first-order valence-corrected chi connectivity index (χ1v) is 7.06. The summed E-state index contributed by atoms with van der Waals surface area (Å²) in [5.74, 6) is 0. The van der Waals surface area contributed by atoms with Crippen LogP contribution in [0.5, 0.6) is 0 Å². The molecule has 2 heterocycles. The second-order valence-corrected chi connectivity index (χ2v) is 7.09. The highest BCUT2D eigenvalue weighted by molar-refractivity contribution is 6.62. The number of hydrogen-bond acceptors (Lipinski definition) is 3. The maximum atomic E-state index is 6.15. The summed E-state index contributed by atoms with van der Waals surface area (Å²) >= 11 is 0. The van der Waals surface area contributed by atoms with Crippen LogP contribution in [0, 0.1) is 0 Å². The average Bonchev–Trinajstić information content (AvgIpc) is 3.02. The fourth-order valence-electron chi connectivity index (χ4n) is 2.51. The van der Waals surface area contributed by atoms with Crippen molar-refractivity contribution in [2.24, 2.45) is 0 Å². The molecule has 0 radical (unpaired) electrons.